The van der Waals surface area contributed by atoms with Crippen molar-refractivity contribution in [2.75, 3.05) is 13.1 Å². The van der Waals surface area contributed by atoms with E-state index in [0.29, 0.717) is 6.54 Å². The molecule has 0 saturated heterocycles. The van der Waals surface area contributed by atoms with Gasteiger partial charge in [0.15, 0.2) is 5.78 Å². The molecular weight excluding hydrogens is 310 g/mol. The lowest BCUT2D eigenvalue weighted by Gasteiger charge is -2.26. The summed E-state index contributed by atoms with van der Waals surface area (Å²) < 4.78 is 0. The van der Waals surface area contributed by atoms with Crippen LogP contribution in [0.4, 0.5) is 0 Å². The maximum atomic E-state index is 12.0. The standard InChI is InChI=1S/C19H19NO.ClH.H2O/c1-15-7-9-17(10-8-15)18-11-19(21)14-20(13-18)12-16-5-3-2-4-6-16;;/h2-11H,12-14H2,1H3;1H;1H2. The first kappa shape index (κ1) is 19.1. The van der Waals surface area contributed by atoms with Crippen LogP contribution in [0.25, 0.3) is 5.57 Å². The lowest BCUT2D eigenvalue weighted by Crippen LogP contribution is -2.34. The van der Waals surface area contributed by atoms with Crippen molar-refractivity contribution in [3.8, 4) is 0 Å². The Morgan fingerprint density at radius 1 is 0.957 bits per heavy atom. The molecule has 0 atom stereocenters. The molecule has 2 aromatic carbocycles. The van der Waals surface area contributed by atoms with Gasteiger partial charge in [-0.25, -0.2) is 0 Å². The summed E-state index contributed by atoms with van der Waals surface area (Å²) in [5.74, 6) is 0.188. The largest absolute Gasteiger partial charge is 0.412 e. The summed E-state index contributed by atoms with van der Waals surface area (Å²) in [6.07, 6.45) is 1.80. The van der Waals surface area contributed by atoms with Gasteiger partial charge in [0.2, 0.25) is 0 Å². The van der Waals surface area contributed by atoms with E-state index < -0.39 is 0 Å². The van der Waals surface area contributed by atoms with Crippen molar-refractivity contribution < 1.29 is 10.3 Å². The molecule has 0 saturated carbocycles. The van der Waals surface area contributed by atoms with Crippen LogP contribution in [0.2, 0.25) is 0 Å². The Balaban J connectivity index is 0.00000132. The maximum absolute atomic E-state index is 12.0. The highest BCUT2D eigenvalue weighted by atomic mass is 35.5. The van der Waals surface area contributed by atoms with Crippen LogP contribution in [-0.2, 0) is 11.3 Å². The number of carbonyl (C=O) groups is 1. The Kier molecular flexibility index (Phi) is 7.17. The van der Waals surface area contributed by atoms with Gasteiger partial charge >= 0.3 is 0 Å². The van der Waals surface area contributed by atoms with Gasteiger partial charge < -0.3 is 5.48 Å². The number of rotatable bonds is 3. The topological polar surface area (TPSA) is 51.8 Å². The number of halogens is 1. The Bertz CT molecular complexity index is 666. The molecule has 0 spiro atoms. The number of carbonyl (C=O) groups excluding carboxylic acids is 1. The second-order valence-electron chi connectivity index (χ2n) is 5.63. The van der Waals surface area contributed by atoms with Crippen LogP contribution in [-0.4, -0.2) is 29.2 Å². The minimum Gasteiger partial charge on any atom is -0.412 e. The van der Waals surface area contributed by atoms with E-state index in [-0.39, 0.29) is 23.7 Å². The number of hydrogen-bond acceptors (Lipinski definition) is 2. The minimum absolute atomic E-state index is 0. The van der Waals surface area contributed by atoms with E-state index in [1.54, 1.807) is 6.08 Å². The van der Waals surface area contributed by atoms with Crippen LogP contribution in [0.1, 0.15) is 16.7 Å². The number of ketones is 1. The molecule has 2 N–H and O–H groups in total. The molecule has 3 nitrogen and oxygen atoms in total. The zero-order valence-electron chi connectivity index (χ0n) is 13.2. The molecular formula is C19H22ClNO2. The van der Waals surface area contributed by atoms with Gasteiger partial charge in [-0.1, -0.05) is 60.2 Å². The number of nitrogens with zero attached hydrogens (tertiary/aromatic N) is 1. The molecule has 4 heteroatoms. The zero-order valence-corrected chi connectivity index (χ0v) is 14.0. The molecule has 0 amide bonds. The Labute approximate surface area is 143 Å². The number of hydrogen-bond donors (Lipinski definition) is 0. The van der Waals surface area contributed by atoms with Gasteiger partial charge in [0, 0.05) is 13.1 Å². The second-order valence-corrected chi connectivity index (χ2v) is 5.63. The molecule has 122 valence electrons. The average molecular weight is 332 g/mol. The van der Waals surface area contributed by atoms with Gasteiger partial charge in [-0.05, 0) is 29.7 Å². The predicted molar refractivity (Wildman–Crippen MR) is 96.7 cm³/mol. The second kappa shape index (κ2) is 8.63. The summed E-state index contributed by atoms with van der Waals surface area (Å²) >= 11 is 0. The van der Waals surface area contributed by atoms with E-state index in [1.165, 1.54) is 11.1 Å². The van der Waals surface area contributed by atoms with E-state index in [9.17, 15) is 4.79 Å². The van der Waals surface area contributed by atoms with Crippen molar-refractivity contribution >= 4 is 23.8 Å². The van der Waals surface area contributed by atoms with Crippen molar-refractivity contribution in [2.24, 2.45) is 0 Å². The fraction of sp³-hybridized carbons (Fsp3) is 0.211. The summed E-state index contributed by atoms with van der Waals surface area (Å²) in [4.78, 5) is 14.2. The molecule has 0 unspecified atom stereocenters. The third-order valence-electron chi connectivity index (χ3n) is 3.78. The molecule has 1 aliphatic heterocycles. The SMILES string of the molecule is Cc1ccc(C2=CC(=O)CN(Cc3ccccc3)C2)cc1.Cl.O. The van der Waals surface area contributed by atoms with Crippen molar-refractivity contribution in [3.63, 3.8) is 0 Å². The summed E-state index contributed by atoms with van der Waals surface area (Å²) in [7, 11) is 0. The number of aryl methyl sites for hydroxylation is 1. The molecule has 0 bridgehead atoms. The summed E-state index contributed by atoms with van der Waals surface area (Å²) in [6, 6.07) is 18.7. The normalized spacial score (nSPS) is 14.5. The first-order chi connectivity index (χ1) is 10.2. The highest BCUT2D eigenvalue weighted by Crippen LogP contribution is 2.21. The zero-order chi connectivity index (χ0) is 14.7. The third-order valence-corrected chi connectivity index (χ3v) is 3.78. The van der Waals surface area contributed by atoms with E-state index in [2.05, 4.69) is 48.2 Å². The molecule has 0 aromatic heterocycles. The predicted octanol–water partition coefficient (Wildman–Crippen LogP) is 3.06. The fourth-order valence-electron chi connectivity index (χ4n) is 2.70. The van der Waals surface area contributed by atoms with Crippen LogP contribution in [0.15, 0.2) is 60.7 Å². The molecule has 1 aliphatic rings. The van der Waals surface area contributed by atoms with Gasteiger partial charge in [0.1, 0.15) is 0 Å². The van der Waals surface area contributed by atoms with Crippen LogP contribution in [0.3, 0.4) is 0 Å². The maximum Gasteiger partial charge on any atom is 0.170 e. The van der Waals surface area contributed by atoms with E-state index in [4.69, 9.17) is 0 Å². The molecule has 1 heterocycles. The van der Waals surface area contributed by atoms with E-state index >= 15 is 0 Å². The van der Waals surface area contributed by atoms with Crippen molar-refractivity contribution in [2.45, 2.75) is 13.5 Å². The quantitative estimate of drug-likeness (QED) is 0.868. The molecule has 2 aromatic rings. The lowest BCUT2D eigenvalue weighted by atomic mass is 9.99. The summed E-state index contributed by atoms with van der Waals surface area (Å²) in [6.45, 7) is 4.22. The Hall–Kier alpha value is -1.94. The molecule has 0 radical (unpaired) electrons. The highest BCUT2D eigenvalue weighted by Gasteiger charge is 2.19. The summed E-state index contributed by atoms with van der Waals surface area (Å²) in [5.41, 5.74) is 4.74. The Morgan fingerprint density at radius 3 is 2.26 bits per heavy atom. The summed E-state index contributed by atoms with van der Waals surface area (Å²) in [5, 5.41) is 0. The van der Waals surface area contributed by atoms with Gasteiger partial charge in [0.25, 0.3) is 0 Å². The van der Waals surface area contributed by atoms with Crippen molar-refractivity contribution in [1.29, 1.82) is 0 Å². The van der Waals surface area contributed by atoms with E-state index in [0.717, 1.165) is 24.2 Å². The Morgan fingerprint density at radius 2 is 1.61 bits per heavy atom. The fourth-order valence-corrected chi connectivity index (χ4v) is 2.70. The number of benzene rings is 2. The molecule has 0 aliphatic carbocycles. The monoisotopic (exact) mass is 331 g/mol. The van der Waals surface area contributed by atoms with Crippen LogP contribution < -0.4 is 0 Å². The lowest BCUT2D eigenvalue weighted by molar-refractivity contribution is -0.116. The van der Waals surface area contributed by atoms with Crippen LogP contribution >= 0.6 is 12.4 Å². The first-order valence-electron chi connectivity index (χ1n) is 7.27. The van der Waals surface area contributed by atoms with Crippen LogP contribution in [0, 0.1) is 6.92 Å². The van der Waals surface area contributed by atoms with Crippen molar-refractivity contribution in [1.82, 2.24) is 4.90 Å². The molecule has 0 fully saturated rings. The minimum atomic E-state index is 0. The third kappa shape index (κ3) is 5.03. The van der Waals surface area contributed by atoms with Crippen molar-refractivity contribution in [3.05, 3.63) is 77.4 Å². The molecule has 23 heavy (non-hydrogen) atoms. The molecule has 3 rings (SSSR count). The first-order valence-corrected chi connectivity index (χ1v) is 7.27. The average Bonchev–Trinajstić information content (AvgIpc) is 2.48. The highest BCUT2D eigenvalue weighted by molar-refractivity contribution is 6.00. The van der Waals surface area contributed by atoms with E-state index in [1.807, 2.05) is 18.2 Å². The van der Waals surface area contributed by atoms with Gasteiger partial charge in [-0.2, -0.15) is 0 Å². The van der Waals surface area contributed by atoms with Gasteiger partial charge in [-0.3, -0.25) is 9.69 Å². The van der Waals surface area contributed by atoms with Crippen LogP contribution in [0.5, 0.6) is 0 Å². The smallest absolute Gasteiger partial charge is 0.170 e. The van der Waals surface area contributed by atoms with Gasteiger partial charge in [-0.15, -0.1) is 12.4 Å². The van der Waals surface area contributed by atoms with Gasteiger partial charge in [0.05, 0.1) is 6.54 Å².